The van der Waals surface area contributed by atoms with Gasteiger partial charge in [-0.15, -0.1) is 11.8 Å². The highest BCUT2D eigenvalue weighted by molar-refractivity contribution is 7.99. The Labute approximate surface area is 143 Å². The van der Waals surface area contributed by atoms with E-state index >= 15 is 0 Å². The monoisotopic (exact) mass is 343 g/mol. The highest BCUT2D eigenvalue weighted by Gasteiger charge is 2.17. The number of benzene rings is 1. The topological polar surface area (TPSA) is 81.2 Å². The molecule has 0 saturated heterocycles. The minimum atomic E-state index is -0.263. The second kappa shape index (κ2) is 7.35. The van der Waals surface area contributed by atoms with Crippen molar-refractivity contribution < 1.29 is 13.8 Å². The van der Waals surface area contributed by atoms with E-state index in [2.05, 4.69) is 15.6 Å². The lowest BCUT2D eigenvalue weighted by Crippen LogP contribution is -2.22. The summed E-state index contributed by atoms with van der Waals surface area (Å²) in [4.78, 5) is 12.1. The Balaban J connectivity index is 1.53. The van der Waals surface area contributed by atoms with E-state index in [0.717, 1.165) is 22.7 Å². The molecule has 0 fully saturated rings. The lowest BCUT2D eigenvalue weighted by atomic mass is 10.1. The molecule has 1 amide bonds. The number of carbonyl (C=O) groups is 1. The summed E-state index contributed by atoms with van der Waals surface area (Å²) in [5, 5.41) is 10.2. The molecule has 1 atom stereocenters. The zero-order valence-corrected chi connectivity index (χ0v) is 14.2. The van der Waals surface area contributed by atoms with Gasteiger partial charge in [0.2, 0.25) is 11.8 Å². The fourth-order valence-electron chi connectivity index (χ4n) is 2.05. The summed E-state index contributed by atoms with van der Waals surface area (Å²) in [5.41, 5.74) is 2.52. The van der Waals surface area contributed by atoms with Crippen LogP contribution in [0.1, 0.15) is 18.4 Å². The summed E-state index contributed by atoms with van der Waals surface area (Å²) in [6.07, 6.45) is 0. The van der Waals surface area contributed by atoms with Crippen LogP contribution in [0.2, 0.25) is 0 Å². The second-order valence-corrected chi connectivity index (χ2v) is 6.65. The summed E-state index contributed by atoms with van der Waals surface area (Å²) in [5.74, 6) is 1.51. The Morgan fingerprint density at radius 3 is 2.71 bits per heavy atom. The number of nitrogens with one attached hydrogen (secondary N) is 1. The summed E-state index contributed by atoms with van der Waals surface area (Å²) in [6.45, 7) is 3.63. The van der Waals surface area contributed by atoms with Crippen molar-refractivity contribution in [3.05, 3.63) is 53.9 Å². The molecule has 2 heterocycles. The Hall–Kier alpha value is -2.54. The van der Waals surface area contributed by atoms with E-state index in [1.165, 1.54) is 11.8 Å². The number of carbonyl (C=O) groups excluding carboxylic acids is 1. The van der Waals surface area contributed by atoms with Gasteiger partial charge in [0.25, 0.3) is 0 Å². The van der Waals surface area contributed by atoms with Crippen LogP contribution in [0.3, 0.4) is 0 Å². The van der Waals surface area contributed by atoms with Gasteiger partial charge in [-0.25, -0.2) is 0 Å². The predicted molar refractivity (Wildman–Crippen MR) is 92.6 cm³/mol. The first-order chi connectivity index (χ1) is 11.6. The third-order valence-electron chi connectivity index (χ3n) is 3.35. The van der Waals surface area contributed by atoms with Gasteiger partial charge < -0.3 is 9.05 Å². The molecule has 0 saturated carbocycles. The summed E-state index contributed by atoms with van der Waals surface area (Å²) < 4.78 is 10.3. The Morgan fingerprint density at radius 2 is 2.00 bits per heavy atom. The highest BCUT2D eigenvalue weighted by Crippen LogP contribution is 2.24. The first-order valence-electron chi connectivity index (χ1n) is 7.48. The number of hydrogen-bond acceptors (Lipinski definition) is 6. The van der Waals surface area contributed by atoms with Crippen molar-refractivity contribution in [2.75, 3.05) is 5.32 Å². The van der Waals surface area contributed by atoms with Gasteiger partial charge in [-0.1, -0.05) is 40.6 Å². The molecule has 3 rings (SSSR count). The number of hydrogen-bond donors (Lipinski definition) is 1. The minimum Gasteiger partial charge on any atom is -0.360 e. The van der Waals surface area contributed by atoms with E-state index in [0.29, 0.717) is 11.6 Å². The molecule has 6 nitrogen and oxygen atoms in total. The maximum atomic E-state index is 12.1. The fraction of sp³-hybridized carbons (Fsp3) is 0.235. The molecular formula is C17H17N3O3S. The van der Waals surface area contributed by atoms with Crippen LogP contribution < -0.4 is 5.32 Å². The summed E-state index contributed by atoms with van der Waals surface area (Å²) in [6, 6.07) is 13.4. The lowest BCUT2D eigenvalue weighted by Gasteiger charge is -2.08. The minimum absolute atomic E-state index is 0.140. The zero-order valence-electron chi connectivity index (χ0n) is 13.4. The van der Waals surface area contributed by atoms with Crippen molar-refractivity contribution in [2.24, 2.45) is 0 Å². The molecule has 124 valence electrons. The molecule has 0 aliphatic rings. The van der Waals surface area contributed by atoms with Gasteiger partial charge in [0.05, 0.1) is 16.7 Å². The van der Waals surface area contributed by atoms with Gasteiger partial charge in [0.1, 0.15) is 11.5 Å². The van der Waals surface area contributed by atoms with Crippen molar-refractivity contribution in [2.45, 2.75) is 24.9 Å². The predicted octanol–water partition coefficient (Wildman–Crippen LogP) is 3.90. The molecule has 0 unspecified atom stereocenters. The molecular weight excluding hydrogens is 326 g/mol. The summed E-state index contributed by atoms with van der Waals surface area (Å²) >= 11 is 1.46. The molecule has 3 aromatic rings. The molecule has 1 N–H and O–H groups in total. The largest absolute Gasteiger partial charge is 0.360 e. The maximum Gasteiger partial charge on any atom is 0.239 e. The average molecular weight is 343 g/mol. The molecule has 0 aliphatic carbocycles. The van der Waals surface area contributed by atoms with Crippen LogP contribution in [0, 0.1) is 6.92 Å². The standard InChI is InChI=1S/C17H17N3O3S/c1-11-8-16(23-19-11)18-17(21)12(2)24-10-14-9-15(20-22-14)13-6-4-3-5-7-13/h3-9,12H,10H2,1-2H3,(H,18,21)/t12-/m0/s1. The number of aryl methyl sites for hydroxylation is 1. The molecule has 7 heteroatoms. The Kier molecular flexibility index (Phi) is 5.00. The molecule has 2 aromatic heterocycles. The first kappa shape index (κ1) is 16.3. The van der Waals surface area contributed by atoms with Gasteiger partial charge in [-0.2, -0.15) is 0 Å². The second-order valence-electron chi connectivity index (χ2n) is 5.32. The van der Waals surface area contributed by atoms with E-state index in [4.69, 9.17) is 9.05 Å². The molecule has 0 radical (unpaired) electrons. The van der Waals surface area contributed by atoms with E-state index in [1.54, 1.807) is 13.0 Å². The molecule has 0 spiro atoms. The van der Waals surface area contributed by atoms with Crippen LogP contribution in [-0.4, -0.2) is 21.5 Å². The van der Waals surface area contributed by atoms with Gasteiger partial charge in [0.15, 0.2) is 0 Å². The number of anilines is 1. The van der Waals surface area contributed by atoms with Gasteiger partial charge >= 0.3 is 0 Å². The smallest absolute Gasteiger partial charge is 0.239 e. The van der Waals surface area contributed by atoms with E-state index in [1.807, 2.05) is 43.3 Å². The van der Waals surface area contributed by atoms with E-state index in [9.17, 15) is 4.79 Å². The molecule has 0 aliphatic heterocycles. The quantitative estimate of drug-likeness (QED) is 0.731. The van der Waals surface area contributed by atoms with Gasteiger partial charge in [-0.3, -0.25) is 10.1 Å². The van der Waals surface area contributed by atoms with Gasteiger partial charge in [0, 0.05) is 17.7 Å². The Morgan fingerprint density at radius 1 is 1.21 bits per heavy atom. The molecule has 24 heavy (non-hydrogen) atoms. The third kappa shape index (κ3) is 4.05. The van der Waals surface area contributed by atoms with Crippen LogP contribution in [0.5, 0.6) is 0 Å². The van der Waals surface area contributed by atoms with Crippen LogP contribution >= 0.6 is 11.8 Å². The van der Waals surface area contributed by atoms with Crippen molar-refractivity contribution in [3.8, 4) is 11.3 Å². The number of rotatable bonds is 6. The number of amides is 1. The maximum absolute atomic E-state index is 12.1. The van der Waals surface area contributed by atoms with Crippen LogP contribution in [0.4, 0.5) is 5.88 Å². The number of nitrogens with zero attached hydrogens (tertiary/aromatic N) is 2. The van der Waals surface area contributed by atoms with Crippen LogP contribution in [0.25, 0.3) is 11.3 Å². The van der Waals surface area contributed by atoms with E-state index in [-0.39, 0.29) is 11.2 Å². The SMILES string of the molecule is Cc1cc(NC(=O)[C@H](C)SCc2cc(-c3ccccc3)no2)on1. The van der Waals surface area contributed by atoms with Crippen molar-refractivity contribution in [1.82, 2.24) is 10.3 Å². The fourth-order valence-corrected chi connectivity index (χ4v) is 2.81. The zero-order chi connectivity index (χ0) is 16.9. The average Bonchev–Trinajstić information content (AvgIpc) is 3.22. The van der Waals surface area contributed by atoms with Crippen molar-refractivity contribution in [1.29, 1.82) is 0 Å². The van der Waals surface area contributed by atoms with Crippen LogP contribution in [0.15, 0.2) is 51.5 Å². The third-order valence-corrected chi connectivity index (χ3v) is 4.51. The molecule has 0 bridgehead atoms. The number of thioether (sulfide) groups is 1. The lowest BCUT2D eigenvalue weighted by molar-refractivity contribution is -0.115. The highest BCUT2D eigenvalue weighted by atomic mass is 32.2. The normalized spacial score (nSPS) is 12.1. The van der Waals surface area contributed by atoms with Crippen molar-refractivity contribution in [3.63, 3.8) is 0 Å². The molecule has 1 aromatic carbocycles. The van der Waals surface area contributed by atoms with Crippen LogP contribution in [-0.2, 0) is 10.5 Å². The first-order valence-corrected chi connectivity index (χ1v) is 8.53. The van der Waals surface area contributed by atoms with E-state index < -0.39 is 0 Å². The van der Waals surface area contributed by atoms with Crippen molar-refractivity contribution >= 4 is 23.6 Å². The number of aromatic nitrogens is 2. The van der Waals surface area contributed by atoms with Gasteiger partial charge in [-0.05, 0) is 13.8 Å². The summed E-state index contributed by atoms with van der Waals surface area (Å²) in [7, 11) is 0. The Bertz CT molecular complexity index is 813.